The molecule has 0 spiro atoms. The molecule has 1 saturated heterocycles. The van der Waals surface area contributed by atoms with Crippen molar-refractivity contribution in [2.75, 3.05) is 38.2 Å². The van der Waals surface area contributed by atoms with E-state index in [-0.39, 0.29) is 22.3 Å². The van der Waals surface area contributed by atoms with Gasteiger partial charge in [0.15, 0.2) is 5.03 Å². The minimum Gasteiger partial charge on any atom is -0.497 e. The number of piperazine rings is 1. The maximum Gasteiger partial charge on any atom is 0.223 e. The molecule has 27 heavy (non-hydrogen) atoms. The van der Waals surface area contributed by atoms with E-state index in [1.165, 1.54) is 0 Å². The molecule has 0 aliphatic carbocycles. The summed E-state index contributed by atoms with van der Waals surface area (Å²) in [6.45, 7) is 3.39. The molecule has 1 aromatic heterocycles. The Hall–Kier alpha value is -2.29. The van der Waals surface area contributed by atoms with Crippen LogP contribution >= 0.6 is 12.4 Å². The Kier molecular flexibility index (Phi) is 5.59. The highest BCUT2D eigenvalue weighted by Gasteiger charge is 2.26. The summed E-state index contributed by atoms with van der Waals surface area (Å²) in [6, 6.07) is 12.1. The largest absolute Gasteiger partial charge is 0.497 e. The van der Waals surface area contributed by atoms with Crippen LogP contribution in [0.2, 0.25) is 0 Å². The van der Waals surface area contributed by atoms with Gasteiger partial charge in [0.25, 0.3) is 0 Å². The summed E-state index contributed by atoms with van der Waals surface area (Å²) in [4.78, 5) is 2.40. The van der Waals surface area contributed by atoms with Gasteiger partial charge in [-0.15, -0.1) is 12.4 Å². The molecule has 7 nitrogen and oxygen atoms in total. The second kappa shape index (κ2) is 7.75. The van der Waals surface area contributed by atoms with Crippen LogP contribution in [-0.4, -0.2) is 51.9 Å². The number of nitrogens with one attached hydrogen (secondary N) is 2. The van der Waals surface area contributed by atoms with Crippen LogP contribution in [0, 0.1) is 0 Å². The first-order chi connectivity index (χ1) is 12.6. The number of fused-ring (bicyclic) bond motifs is 1. The number of anilines is 1. The van der Waals surface area contributed by atoms with Crippen molar-refractivity contribution in [2.24, 2.45) is 0 Å². The third-order valence-electron chi connectivity index (χ3n) is 4.62. The molecule has 2 aromatic carbocycles. The highest BCUT2D eigenvalue weighted by Crippen LogP contribution is 2.34. The maximum absolute atomic E-state index is 13.2. The van der Waals surface area contributed by atoms with Crippen molar-refractivity contribution in [3.05, 3.63) is 42.5 Å². The number of aromatic nitrogens is 2. The molecule has 4 rings (SSSR count). The summed E-state index contributed by atoms with van der Waals surface area (Å²) in [5, 5.41) is 11.1. The molecule has 0 bridgehead atoms. The van der Waals surface area contributed by atoms with E-state index in [2.05, 4.69) is 20.4 Å². The van der Waals surface area contributed by atoms with Gasteiger partial charge in [0.05, 0.1) is 22.9 Å². The molecule has 2 N–H and O–H groups in total. The van der Waals surface area contributed by atoms with Gasteiger partial charge in [-0.1, -0.05) is 6.07 Å². The number of methoxy groups -OCH3 is 1. The summed E-state index contributed by atoms with van der Waals surface area (Å²) in [6.07, 6.45) is 0. The molecule has 144 valence electrons. The normalized spacial score (nSPS) is 14.8. The Bertz CT molecular complexity index is 1030. The fourth-order valence-electron chi connectivity index (χ4n) is 3.26. The minimum absolute atomic E-state index is 0. The van der Waals surface area contributed by atoms with Crippen LogP contribution < -0.4 is 15.0 Å². The Labute approximate surface area is 164 Å². The first kappa shape index (κ1) is 19.5. The van der Waals surface area contributed by atoms with Crippen LogP contribution in [0.1, 0.15) is 0 Å². The number of benzene rings is 2. The van der Waals surface area contributed by atoms with Gasteiger partial charge in [0, 0.05) is 31.9 Å². The van der Waals surface area contributed by atoms with E-state index in [1.807, 2.05) is 18.2 Å². The lowest BCUT2D eigenvalue weighted by Crippen LogP contribution is -2.43. The molecule has 3 aromatic rings. The molecule has 9 heteroatoms. The van der Waals surface area contributed by atoms with E-state index in [4.69, 9.17) is 4.74 Å². The van der Waals surface area contributed by atoms with E-state index in [1.54, 1.807) is 31.4 Å². The first-order valence-corrected chi connectivity index (χ1v) is 9.91. The van der Waals surface area contributed by atoms with Gasteiger partial charge in [0.2, 0.25) is 9.84 Å². The lowest BCUT2D eigenvalue weighted by atomic mass is 10.2. The maximum atomic E-state index is 13.2. The fraction of sp³-hybridized carbons (Fsp3) is 0.278. The van der Waals surface area contributed by atoms with Crippen molar-refractivity contribution in [1.82, 2.24) is 15.5 Å². The number of H-pyrrole nitrogens is 1. The summed E-state index contributed by atoms with van der Waals surface area (Å²) < 4.78 is 31.5. The number of aromatic amines is 1. The molecule has 0 radical (unpaired) electrons. The molecule has 2 heterocycles. The van der Waals surface area contributed by atoms with Gasteiger partial charge >= 0.3 is 0 Å². The zero-order valence-electron chi connectivity index (χ0n) is 14.8. The van der Waals surface area contributed by atoms with E-state index in [0.717, 1.165) is 31.9 Å². The number of halogens is 1. The number of rotatable bonds is 4. The highest BCUT2D eigenvalue weighted by atomic mass is 35.5. The van der Waals surface area contributed by atoms with Gasteiger partial charge in [-0.25, -0.2) is 8.42 Å². The predicted molar refractivity (Wildman–Crippen MR) is 107 cm³/mol. The zero-order chi connectivity index (χ0) is 18.1. The third-order valence-corrected chi connectivity index (χ3v) is 6.35. The molecule has 0 saturated carbocycles. The Morgan fingerprint density at radius 3 is 2.44 bits per heavy atom. The number of hydrogen-bond donors (Lipinski definition) is 2. The SMILES string of the molecule is COc1ccc(S(=O)(=O)c2[nH]nc3cccc(N4CCNCC4)c23)cc1.Cl. The minimum atomic E-state index is -3.72. The van der Waals surface area contributed by atoms with E-state index >= 15 is 0 Å². The Morgan fingerprint density at radius 1 is 1.07 bits per heavy atom. The van der Waals surface area contributed by atoms with Gasteiger partial charge in [-0.2, -0.15) is 5.10 Å². The molecular formula is C18H21ClN4O3S. The summed E-state index contributed by atoms with van der Waals surface area (Å²) in [7, 11) is -2.18. The monoisotopic (exact) mass is 408 g/mol. The van der Waals surface area contributed by atoms with E-state index < -0.39 is 9.84 Å². The Balaban J connectivity index is 0.00000210. The standard InChI is InChI=1S/C18H20N4O3S.ClH/c1-25-13-5-7-14(8-6-13)26(23,24)18-17-15(20-21-18)3-2-4-16(17)22-11-9-19-10-12-22;/h2-8,19H,9-12H2,1H3,(H,20,21);1H. The quantitative estimate of drug-likeness (QED) is 0.688. The van der Waals surface area contributed by atoms with Gasteiger partial charge in [-0.05, 0) is 36.4 Å². The first-order valence-electron chi connectivity index (χ1n) is 8.43. The van der Waals surface area contributed by atoms with Crippen molar-refractivity contribution >= 4 is 38.8 Å². The van der Waals surface area contributed by atoms with Crippen molar-refractivity contribution < 1.29 is 13.2 Å². The zero-order valence-corrected chi connectivity index (χ0v) is 16.4. The average Bonchev–Trinajstić information content (AvgIpc) is 3.14. The van der Waals surface area contributed by atoms with Crippen LogP contribution in [-0.2, 0) is 9.84 Å². The molecule has 1 aliphatic rings. The second-order valence-electron chi connectivity index (χ2n) is 6.14. The molecular weight excluding hydrogens is 388 g/mol. The lowest BCUT2D eigenvalue weighted by Gasteiger charge is -2.30. The molecule has 0 amide bonds. The lowest BCUT2D eigenvalue weighted by molar-refractivity contribution is 0.414. The van der Waals surface area contributed by atoms with Crippen LogP contribution in [0.3, 0.4) is 0 Å². The summed E-state index contributed by atoms with van der Waals surface area (Å²) in [5.74, 6) is 0.611. The fourth-order valence-corrected chi connectivity index (χ4v) is 4.63. The molecule has 1 aliphatic heterocycles. The number of sulfone groups is 1. The summed E-state index contributed by atoms with van der Waals surface area (Å²) in [5.41, 5.74) is 1.54. The van der Waals surface area contributed by atoms with Crippen LogP contribution in [0.15, 0.2) is 52.4 Å². The number of ether oxygens (including phenoxy) is 1. The third kappa shape index (κ3) is 3.47. The van der Waals surface area contributed by atoms with Gasteiger partial charge < -0.3 is 15.0 Å². The number of nitrogens with zero attached hydrogens (tertiary/aromatic N) is 2. The van der Waals surface area contributed by atoms with Crippen molar-refractivity contribution in [2.45, 2.75) is 9.92 Å². The molecule has 1 fully saturated rings. The van der Waals surface area contributed by atoms with Gasteiger partial charge in [0.1, 0.15) is 5.75 Å². The van der Waals surface area contributed by atoms with Crippen LogP contribution in [0.5, 0.6) is 5.75 Å². The summed E-state index contributed by atoms with van der Waals surface area (Å²) >= 11 is 0. The number of hydrogen-bond acceptors (Lipinski definition) is 6. The smallest absolute Gasteiger partial charge is 0.223 e. The van der Waals surface area contributed by atoms with Crippen molar-refractivity contribution in [3.63, 3.8) is 0 Å². The van der Waals surface area contributed by atoms with Crippen molar-refractivity contribution in [1.29, 1.82) is 0 Å². The molecule has 0 atom stereocenters. The van der Waals surface area contributed by atoms with Crippen molar-refractivity contribution in [3.8, 4) is 5.75 Å². The van der Waals surface area contributed by atoms with Crippen LogP contribution in [0.25, 0.3) is 10.9 Å². The Morgan fingerprint density at radius 2 is 1.78 bits per heavy atom. The topological polar surface area (TPSA) is 87.3 Å². The van der Waals surface area contributed by atoms with Crippen LogP contribution in [0.4, 0.5) is 5.69 Å². The van der Waals surface area contributed by atoms with E-state index in [0.29, 0.717) is 16.7 Å². The van der Waals surface area contributed by atoms with E-state index in [9.17, 15) is 8.42 Å². The average molecular weight is 409 g/mol. The second-order valence-corrected chi connectivity index (χ2v) is 8.03. The highest BCUT2D eigenvalue weighted by molar-refractivity contribution is 7.91. The van der Waals surface area contributed by atoms with Gasteiger partial charge in [-0.3, -0.25) is 5.10 Å². The predicted octanol–water partition coefficient (Wildman–Crippen LogP) is 2.24. The molecule has 0 unspecified atom stereocenters.